The molecule has 5 nitrogen and oxygen atoms in total. The molecular formula is C20H28N4O. The predicted molar refractivity (Wildman–Crippen MR) is 106 cm³/mol. The maximum Gasteiger partial charge on any atom is 0.257 e. The first-order valence-corrected chi connectivity index (χ1v) is 8.83. The molecule has 0 spiro atoms. The standard InChI is InChI=1S/C20H28N4O/c1-5-11-24(12-6-2)19-13-16(14-21-15-19)20(25)22-17-7-9-18(10-8-17)23(3)4/h7-10,13-15H,5-6,11-12H2,1-4H3,(H,22,25). The number of nitrogens with one attached hydrogen (secondary N) is 1. The fraction of sp³-hybridized carbons (Fsp3) is 0.400. The molecule has 1 aromatic carbocycles. The molecule has 1 amide bonds. The Hall–Kier alpha value is -2.56. The van der Waals surface area contributed by atoms with Crippen molar-refractivity contribution < 1.29 is 4.79 Å². The van der Waals surface area contributed by atoms with E-state index in [4.69, 9.17) is 0 Å². The van der Waals surface area contributed by atoms with Crippen LogP contribution in [0.25, 0.3) is 0 Å². The average Bonchev–Trinajstić information content (AvgIpc) is 2.62. The van der Waals surface area contributed by atoms with E-state index in [1.165, 1.54) is 0 Å². The summed E-state index contributed by atoms with van der Waals surface area (Å²) >= 11 is 0. The zero-order valence-corrected chi connectivity index (χ0v) is 15.6. The van der Waals surface area contributed by atoms with Crippen LogP contribution in [0.3, 0.4) is 0 Å². The molecule has 0 bridgehead atoms. The summed E-state index contributed by atoms with van der Waals surface area (Å²) in [5.74, 6) is -0.139. The number of benzene rings is 1. The van der Waals surface area contributed by atoms with E-state index in [0.717, 1.165) is 43.0 Å². The van der Waals surface area contributed by atoms with Gasteiger partial charge in [-0.05, 0) is 43.2 Å². The fourth-order valence-electron chi connectivity index (χ4n) is 2.68. The summed E-state index contributed by atoms with van der Waals surface area (Å²) in [6.45, 7) is 6.24. The van der Waals surface area contributed by atoms with Gasteiger partial charge < -0.3 is 15.1 Å². The summed E-state index contributed by atoms with van der Waals surface area (Å²) in [7, 11) is 3.98. The Labute approximate surface area is 150 Å². The number of hydrogen-bond acceptors (Lipinski definition) is 4. The Balaban J connectivity index is 2.12. The molecule has 0 aliphatic heterocycles. The van der Waals surface area contributed by atoms with E-state index in [1.54, 1.807) is 6.20 Å². The first kappa shape index (κ1) is 18.8. The van der Waals surface area contributed by atoms with E-state index in [-0.39, 0.29) is 5.91 Å². The van der Waals surface area contributed by atoms with Crippen LogP contribution in [0.1, 0.15) is 37.0 Å². The molecule has 25 heavy (non-hydrogen) atoms. The minimum atomic E-state index is -0.139. The Morgan fingerprint density at radius 1 is 1.00 bits per heavy atom. The molecule has 0 fully saturated rings. The van der Waals surface area contributed by atoms with Gasteiger partial charge in [-0.2, -0.15) is 0 Å². The van der Waals surface area contributed by atoms with Crippen molar-refractivity contribution in [2.45, 2.75) is 26.7 Å². The third-order valence-corrected chi connectivity index (χ3v) is 3.98. The first-order chi connectivity index (χ1) is 12.0. The van der Waals surface area contributed by atoms with Crippen molar-refractivity contribution >= 4 is 23.0 Å². The molecule has 0 saturated carbocycles. The number of carbonyl (C=O) groups is 1. The summed E-state index contributed by atoms with van der Waals surface area (Å²) in [6.07, 6.45) is 5.57. The van der Waals surface area contributed by atoms with Gasteiger partial charge in [0.2, 0.25) is 0 Å². The minimum Gasteiger partial charge on any atom is -0.378 e. The summed E-state index contributed by atoms with van der Waals surface area (Å²) in [4.78, 5) is 21.1. The zero-order valence-electron chi connectivity index (χ0n) is 15.6. The van der Waals surface area contributed by atoms with Crippen molar-refractivity contribution in [3.63, 3.8) is 0 Å². The van der Waals surface area contributed by atoms with Crippen LogP contribution in [0.4, 0.5) is 17.1 Å². The van der Waals surface area contributed by atoms with Gasteiger partial charge in [-0.25, -0.2) is 0 Å². The van der Waals surface area contributed by atoms with Crippen molar-refractivity contribution in [1.82, 2.24) is 4.98 Å². The molecule has 134 valence electrons. The molecule has 0 unspecified atom stereocenters. The lowest BCUT2D eigenvalue weighted by molar-refractivity contribution is 0.102. The monoisotopic (exact) mass is 340 g/mol. The molecule has 1 heterocycles. The minimum absolute atomic E-state index is 0.139. The largest absolute Gasteiger partial charge is 0.378 e. The lowest BCUT2D eigenvalue weighted by Crippen LogP contribution is -2.25. The highest BCUT2D eigenvalue weighted by atomic mass is 16.1. The van der Waals surface area contributed by atoms with E-state index < -0.39 is 0 Å². The van der Waals surface area contributed by atoms with Crippen molar-refractivity contribution in [3.8, 4) is 0 Å². The first-order valence-electron chi connectivity index (χ1n) is 8.83. The maximum atomic E-state index is 12.5. The summed E-state index contributed by atoms with van der Waals surface area (Å²) < 4.78 is 0. The highest BCUT2D eigenvalue weighted by Crippen LogP contribution is 2.19. The van der Waals surface area contributed by atoms with Crippen LogP contribution in [0.2, 0.25) is 0 Å². The Kier molecular flexibility index (Phi) is 6.81. The smallest absolute Gasteiger partial charge is 0.257 e. The van der Waals surface area contributed by atoms with E-state index in [2.05, 4.69) is 29.0 Å². The van der Waals surface area contributed by atoms with Crippen LogP contribution in [0, 0.1) is 0 Å². The third-order valence-electron chi connectivity index (χ3n) is 3.98. The number of aromatic nitrogens is 1. The molecule has 1 N–H and O–H groups in total. The predicted octanol–water partition coefficient (Wildman–Crippen LogP) is 4.03. The molecule has 0 aliphatic carbocycles. The zero-order chi connectivity index (χ0) is 18.2. The van der Waals surface area contributed by atoms with Gasteiger partial charge in [-0.1, -0.05) is 13.8 Å². The van der Waals surface area contributed by atoms with Gasteiger partial charge in [0, 0.05) is 44.8 Å². The normalized spacial score (nSPS) is 10.4. The molecular weight excluding hydrogens is 312 g/mol. The van der Waals surface area contributed by atoms with Crippen molar-refractivity contribution in [1.29, 1.82) is 0 Å². The summed E-state index contributed by atoms with van der Waals surface area (Å²) in [6, 6.07) is 9.70. The van der Waals surface area contributed by atoms with Gasteiger partial charge in [0.1, 0.15) is 0 Å². The number of carbonyl (C=O) groups excluding carboxylic acids is 1. The Bertz CT molecular complexity index is 676. The number of rotatable bonds is 8. The second-order valence-electron chi connectivity index (χ2n) is 6.31. The van der Waals surface area contributed by atoms with E-state index in [1.807, 2.05) is 55.5 Å². The van der Waals surface area contributed by atoms with Crippen molar-refractivity contribution in [2.24, 2.45) is 0 Å². The SMILES string of the molecule is CCCN(CCC)c1cncc(C(=O)Nc2ccc(N(C)C)cc2)c1. The second-order valence-corrected chi connectivity index (χ2v) is 6.31. The summed E-state index contributed by atoms with van der Waals surface area (Å²) in [5.41, 5.74) is 3.45. The number of hydrogen-bond donors (Lipinski definition) is 1. The molecule has 2 aromatic rings. The molecule has 0 saturated heterocycles. The van der Waals surface area contributed by atoms with Gasteiger partial charge in [-0.3, -0.25) is 9.78 Å². The van der Waals surface area contributed by atoms with Gasteiger partial charge in [-0.15, -0.1) is 0 Å². The number of anilines is 3. The number of pyridine rings is 1. The van der Waals surface area contributed by atoms with Crippen molar-refractivity contribution in [3.05, 3.63) is 48.3 Å². The lowest BCUT2D eigenvalue weighted by atomic mass is 10.2. The van der Waals surface area contributed by atoms with Crippen LogP contribution in [0.5, 0.6) is 0 Å². The van der Waals surface area contributed by atoms with E-state index in [9.17, 15) is 4.79 Å². The van der Waals surface area contributed by atoms with Crippen LogP contribution in [0.15, 0.2) is 42.7 Å². The molecule has 0 aliphatic rings. The summed E-state index contributed by atoms with van der Waals surface area (Å²) in [5, 5.41) is 2.94. The third kappa shape index (κ3) is 5.21. The van der Waals surface area contributed by atoms with Crippen LogP contribution in [-0.2, 0) is 0 Å². The maximum absolute atomic E-state index is 12.5. The lowest BCUT2D eigenvalue weighted by Gasteiger charge is -2.23. The average molecular weight is 340 g/mol. The molecule has 0 atom stereocenters. The van der Waals surface area contributed by atoms with E-state index >= 15 is 0 Å². The van der Waals surface area contributed by atoms with Gasteiger partial charge in [0.05, 0.1) is 17.4 Å². The number of nitrogens with zero attached hydrogens (tertiary/aromatic N) is 3. The second kappa shape index (κ2) is 9.06. The van der Waals surface area contributed by atoms with Gasteiger partial charge in [0.15, 0.2) is 0 Å². The Morgan fingerprint density at radius 2 is 1.64 bits per heavy atom. The van der Waals surface area contributed by atoms with Crippen LogP contribution >= 0.6 is 0 Å². The van der Waals surface area contributed by atoms with E-state index in [0.29, 0.717) is 5.56 Å². The molecule has 2 rings (SSSR count). The van der Waals surface area contributed by atoms with Crippen LogP contribution in [-0.4, -0.2) is 38.1 Å². The number of amides is 1. The molecule has 5 heteroatoms. The van der Waals surface area contributed by atoms with Gasteiger partial charge in [0.25, 0.3) is 5.91 Å². The highest BCUT2D eigenvalue weighted by molar-refractivity contribution is 6.04. The highest BCUT2D eigenvalue weighted by Gasteiger charge is 2.11. The van der Waals surface area contributed by atoms with Crippen molar-refractivity contribution in [2.75, 3.05) is 42.3 Å². The Morgan fingerprint density at radius 3 is 2.20 bits per heavy atom. The van der Waals surface area contributed by atoms with Gasteiger partial charge >= 0.3 is 0 Å². The van der Waals surface area contributed by atoms with Crippen LogP contribution < -0.4 is 15.1 Å². The molecule has 0 radical (unpaired) electrons. The topological polar surface area (TPSA) is 48.5 Å². The quantitative estimate of drug-likeness (QED) is 0.788. The molecule has 1 aromatic heterocycles. The fourth-order valence-corrected chi connectivity index (χ4v) is 2.68.